The van der Waals surface area contributed by atoms with Crippen molar-refractivity contribution in [3.8, 4) is 5.75 Å². The van der Waals surface area contributed by atoms with Gasteiger partial charge in [-0.1, -0.05) is 24.3 Å². The summed E-state index contributed by atoms with van der Waals surface area (Å²) in [4.78, 5) is 6.44. The van der Waals surface area contributed by atoms with Gasteiger partial charge in [0, 0.05) is 23.9 Å². The number of aromatic nitrogens is 1. The Kier molecular flexibility index (Phi) is 8.76. The fourth-order valence-electron chi connectivity index (χ4n) is 2.69. The molecule has 0 saturated carbocycles. The maximum atomic E-state index is 14.4. The molecule has 2 N–H and O–H groups in total. The third-order valence-electron chi connectivity index (χ3n) is 4.08. The number of nitrogen functional groups attached to an aromatic ring is 1. The molecule has 7 heteroatoms. The number of hydrogen-bond donors (Lipinski definition) is 1. The topological polar surface area (TPSA) is 51.4 Å². The quantitative estimate of drug-likeness (QED) is 0.655. The maximum absolute atomic E-state index is 14.4. The third-order valence-corrected chi connectivity index (χ3v) is 4.08. The second kappa shape index (κ2) is 10.3. The number of fused-ring (bicyclic) bond motifs is 1. The van der Waals surface area contributed by atoms with Gasteiger partial charge in [-0.05, 0) is 43.9 Å². The highest BCUT2D eigenvalue weighted by Crippen LogP contribution is 2.28. The van der Waals surface area contributed by atoms with E-state index in [0.29, 0.717) is 30.2 Å². The molecule has 0 radical (unpaired) electrons. The molecule has 0 aliphatic heterocycles. The maximum Gasteiger partial charge on any atom is 0.130 e. The van der Waals surface area contributed by atoms with Crippen molar-refractivity contribution in [3.63, 3.8) is 0 Å². The Morgan fingerprint density at radius 3 is 2.56 bits per heavy atom. The molecule has 0 atom stereocenters. The molecule has 0 aliphatic carbocycles. The average molecular weight is 412 g/mol. The van der Waals surface area contributed by atoms with Gasteiger partial charge >= 0.3 is 0 Å². The summed E-state index contributed by atoms with van der Waals surface area (Å²) in [7, 11) is 3.94. The van der Waals surface area contributed by atoms with Crippen LogP contribution in [0.25, 0.3) is 10.9 Å². The predicted molar refractivity (Wildman–Crippen MR) is 114 cm³/mol. The summed E-state index contributed by atoms with van der Waals surface area (Å²) in [5.74, 6) is 0.672. The van der Waals surface area contributed by atoms with Crippen molar-refractivity contribution in [2.24, 2.45) is 0 Å². The van der Waals surface area contributed by atoms with E-state index in [1.54, 1.807) is 12.1 Å². The van der Waals surface area contributed by atoms with Crippen molar-refractivity contribution in [1.29, 1.82) is 0 Å². The first-order chi connectivity index (χ1) is 12.0. The molecular weight excluding hydrogens is 388 g/mol. The van der Waals surface area contributed by atoms with Gasteiger partial charge in [0.2, 0.25) is 0 Å². The van der Waals surface area contributed by atoms with Crippen molar-refractivity contribution in [2.45, 2.75) is 6.42 Å². The molecule has 3 rings (SSSR count). The molecule has 146 valence electrons. The zero-order valence-corrected chi connectivity index (χ0v) is 16.9. The number of para-hydroxylation sites is 1. The number of nitrogens with two attached hydrogens (primary N) is 1. The number of ether oxygens (including phenoxy) is 1. The molecule has 1 heterocycles. The van der Waals surface area contributed by atoms with Gasteiger partial charge in [0.25, 0.3) is 0 Å². The summed E-state index contributed by atoms with van der Waals surface area (Å²) in [5, 5.41) is 0.984. The summed E-state index contributed by atoms with van der Waals surface area (Å²) in [6.07, 6.45) is 0.341. The van der Waals surface area contributed by atoms with Crippen LogP contribution in [-0.4, -0.2) is 37.1 Å². The van der Waals surface area contributed by atoms with Crippen molar-refractivity contribution < 1.29 is 9.13 Å². The van der Waals surface area contributed by atoms with E-state index in [2.05, 4.69) is 4.98 Å². The number of hydrogen-bond acceptors (Lipinski definition) is 4. The largest absolute Gasteiger partial charge is 0.492 e. The van der Waals surface area contributed by atoms with Crippen LogP contribution in [0.5, 0.6) is 5.75 Å². The van der Waals surface area contributed by atoms with Gasteiger partial charge in [-0.2, -0.15) is 0 Å². The molecule has 0 bridgehead atoms. The van der Waals surface area contributed by atoms with E-state index in [4.69, 9.17) is 10.5 Å². The Labute approximate surface area is 171 Å². The molecule has 0 amide bonds. The lowest BCUT2D eigenvalue weighted by Gasteiger charge is -2.15. The normalized spacial score (nSPS) is 10.4. The minimum atomic E-state index is -0.296. The molecule has 2 aromatic carbocycles. The lowest BCUT2D eigenvalue weighted by molar-refractivity contribution is 0.258. The van der Waals surface area contributed by atoms with E-state index in [9.17, 15) is 4.39 Å². The van der Waals surface area contributed by atoms with Crippen LogP contribution in [0.2, 0.25) is 0 Å². The Bertz CT molecular complexity index is 890. The van der Waals surface area contributed by atoms with Gasteiger partial charge in [0.1, 0.15) is 24.0 Å². The lowest BCUT2D eigenvalue weighted by Crippen LogP contribution is -2.20. The minimum Gasteiger partial charge on any atom is -0.492 e. The monoisotopic (exact) mass is 411 g/mol. The van der Waals surface area contributed by atoms with Crippen molar-refractivity contribution in [3.05, 3.63) is 65.5 Å². The number of rotatable bonds is 6. The van der Waals surface area contributed by atoms with Crippen LogP contribution in [0.1, 0.15) is 11.1 Å². The number of benzene rings is 2. The molecule has 27 heavy (non-hydrogen) atoms. The Hall–Kier alpha value is -2.08. The first-order valence-corrected chi connectivity index (χ1v) is 8.23. The first kappa shape index (κ1) is 23.0. The van der Waals surface area contributed by atoms with Gasteiger partial charge in [0.15, 0.2) is 0 Å². The van der Waals surface area contributed by atoms with Gasteiger partial charge in [-0.3, -0.25) is 0 Å². The van der Waals surface area contributed by atoms with E-state index in [1.807, 2.05) is 49.3 Å². The second-order valence-corrected chi connectivity index (χ2v) is 6.27. The van der Waals surface area contributed by atoms with E-state index in [0.717, 1.165) is 23.0 Å². The van der Waals surface area contributed by atoms with Crippen LogP contribution in [0.4, 0.5) is 10.2 Å². The van der Waals surface area contributed by atoms with E-state index in [-0.39, 0.29) is 30.6 Å². The molecule has 3 aromatic rings. The van der Waals surface area contributed by atoms with Gasteiger partial charge in [-0.15, -0.1) is 24.8 Å². The minimum absolute atomic E-state index is 0. The molecule has 0 fully saturated rings. The average Bonchev–Trinajstić information content (AvgIpc) is 2.58. The predicted octanol–water partition coefficient (Wildman–Crippen LogP) is 4.33. The second-order valence-electron chi connectivity index (χ2n) is 6.27. The summed E-state index contributed by atoms with van der Waals surface area (Å²) in [5.41, 5.74) is 8.22. The van der Waals surface area contributed by atoms with Crippen LogP contribution in [-0.2, 0) is 6.42 Å². The van der Waals surface area contributed by atoms with Crippen LogP contribution >= 0.6 is 24.8 Å². The summed E-state index contributed by atoms with van der Waals surface area (Å²) < 4.78 is 20.2. The fraction of sp³-hybridized carbons (Fsp3) is 0.250. The highest BCUT2D eigenvalue weighted by atomic mass is 35.5. The standard InChI is InChI=1S/C20H22FN3O.2ClH/c1-24(2)10-11-25-19-9-5-7-17(21)16(19)13-15-12-14-6-3-4-8-18(14)23-20(15)22;;/h3-9,12H,10-11,13H2,1-2H3,(H2,22,23);2*1H. The highest BCUT2D eigenvalue weighted by Gasteiger charge is 2.13. The molecule has 0 saturated heterocycles. The zero-order chi connectivity index (χ0) is 17.8. The Balaban J connectivity index is 0.00000182. The summed E-state index contributed by atoms with van der Waals surface area (Å²) in [6.45, 7) is 1.25. The van der Waals surface area contributed by atoms with E-state index >= 15 is 0 Å². The van der Waals surface area contributed by atoms with Crippen molar-refractivity contribution >= 4 is 41.5 Å². The molecule has 0 unspecified atom stereocenters. The first-order valence-electron chi connectivity index (χ1n) is 8.23. The van der Waals surface area contributed by atoms with E-state index < -0.39 is 0 Å². The molecule has 0 aliphatic rings. The van der Waals surface area contributed by atoms with Gasteiger partial charge < -0.3 is 15.4 Å². The number of halogens is 3. The molecular formula is C20H24Cl2FN3O. The molecule has 1 aromatic heterocycles. The van der Waals surface area contributed by atoms with Crippen molar-refractivity contribution in [1.82, 2.24) is 9.88 Å². The van der Waals surface area contributed by atoms with E-state index in [1.165, 1.54) is 6.07 Å². The number of anilines is 1. The van der Waals surface area contributed by atoms with Gasteiger partial charge in [-0.25, -0.2) is 9.37 Å². The van der Waals surface area contributed by atoms with Gasteiger partial charge in [0.05, 0.1) is 5.52 Å². The molecule has 0 spiro atoms. The smallest absolute Gasteiger partial charge is 0.130 e. The fourth-order valence-corrected chi connectivity index (χ4v) is 2.69. The van der Waals surface area contributed by atoms with Crippen LogP contribution in [0.3, 0.4) is 0 Å². The van der Waals surface area contributed by atoms with Crippen molar-refractivity contribution in [2.75, 3.05) is 33.0 Å². The third kappa shape index (κ3) is 5.70. The highest BCUT2D eigenvalue weighted by molar-refractivity contribution is 5.85. The number of nitrogens with zero attached hydrogens (tertiary/aromatic N) is 2. The Morgan fingerprint density at radius 2 is 1.81 bits per heavy atom. The Morgan fingerprint density at radius 1 is 1.07 bits per heavy atom. The SMILES string of the molecule is CN(C)CCOc1cccc(F)c1Cc1cc2ccccc2nc1N.Cl.Cl. The lowest BCUT2D eigenvalue weighted by atomic mass is 10.0. The summed E-state index contributed by atoms with van der Waals surface area (Å²) >= 11 is 0. The molecule has 4 nitrogen and oxygen atoms in total. The number of likely N-dealkylation sites (N-methyl/N-ethyl adjacent to an activating group) is 1. The zero-order valence-electron chi connectivity index (χ0n) is 15.3. The van der Waals surface area contributed by atoms with Crippen LogP contribution in [0.15, 0.2) is 48.5 Å². The van der Waals surface area contributed by atoms with Crippen LogP contribution in [0, 0.1) is 5.82 Å². The number of pyridine rings is 1. The van der Waals surface area contributed by atoms with Crippen LogP contribution < -0.4 is 10.5 Å². The summed E-state index contributed by atoms with van der Waals surface area (Å²) in [6, 6.07) is 14.6.